The highest BCUT2D eigenvalue weighted by Crippen LogP contribution is 2.31. The zero-order chi connectivity index (χ0) is 13.0. The monoisotopic (exact) mass is 291 g/mol. The zero-order valence-corrected chi connectivity index (χ0v) is 10.7. The molecule has 2 nitrogen and oxygen atoms in total. The summed E-state index contributed by atoms with van der Waals surface area (Å²) in [4.78, 5) is 0. The molecule has 0 saturated heterocycles. The second kappa shape index (κ2) is 6.63. The number of alkyl halides is 3. The van der Waals surface area contributed by atoms with Crippen LogP contribution >= 0.6 is 12.4 Å². The van der Waals surface area contributed by atoms with Crippen molar-refractivity contribution in [3.63, 3.8) is 0 Å². The maximum Gasteiger partial charge on any atom is 0.416 e. The van der Waals surface area contributed by atoms with Gasteiger partial charge in [0.15, 0.2) is 0 Å². The van der Waals surface area contributed by atoms with Gasteiger partial charge >= 0.3 is 6.18 Å². The summed E-state index contributed by atoms with van der Waals surface area (Å²) >= 11 is 0. The first-order chi connectivity index (χ1) is 8.57. The quantitative estimate of drug-likeness (QED) is 0.921. The predicted octanol–water partition coefficient (Wildman–Crippen LogP) is 4.01. The Bertz CT molecular complexity index is 497. The van der Waals surface area contributed by atoms with Crippen molar-refractivity contribution in [3.05, 3.63) is 59.5 Å². The van der Waals surface area contributed by atoms with E-state index in [2.05, 4.69) is 5.32 Å². The Kier molecular flexibility index (Phi) is 5.44. The lowest BCUT2D eigenvalue weighted by molar-refractivity contribution is -0.138. The number of nitrogens with one attached hydrogen (secondary N) is 1. The molecule has 104 valence electrons. The van der Waals surface area contributed by atoms with E-state index >= 15 is 0 Å². The molecule has 1 N–H and O–H groups in total. The van der Waals surface area contributed by atoms with E-state index in [1.807, 2.05) is 0 Å². The van der Waals surface area contributed by atoms with Crippen molar-refractivity contribution in [1.29, 1.82) is 0 Å². The molecular weight excluding hydrogens is 279 g/mol. The molecule has 2 aromatic rings. The van der Waals surface area contributed by atoms with Gasteiger partial charge < -0.3 is 9.73 Å². The second-order valence-electron chi connectivity index (χ2n) is 3.84. The van der Waals surface area contributed by atoms with E-state index in [0.29, 0.717) is 12.3 Å². The van der Waals surface area contributed by atoms with Crippen molar-refractivity contribution in [2.24, 2.45) is 0 Å². The molecule has 6 heteroatoms. The largest absolute Gasteiger partial charge is 0.468 e. The third-order valence-electron chi connectivity index (χ3n) is 2.52. The number of benzene rings is 1. The van der Waals surface area contributed by atoms with Crippen LogP contribution in [0.3, 0.4) is 0 Å². The van der Waals surface area contributed by atoms with Gasteiger partial charge in [0.1, 0.15) is 5.76 Å². The number of halogens is 4. The van der Waals surface area contributed by atoms with Gasteiger partial charge in [-0.15, -0.1) is 12.4 Å². The van der Waals surface area contributed by atoms with E-state index in [-0.39, 0.29) is 24.5 Å². The lowest BCUT2D eigenvalue weighted by atomic mass is 10.1. The van der Waals surface area contributed by atoms with Gasteiger partial charge in [0.2, 0.25) is 0 Å². The number of hydrogen-bond donors (Lipinski definition) is 1. The molecule has 0 aliphatic rings. The van der Waals surface area contributed by atoms with Crippen molar-refractivity contribution < 1.29 is 17.6 Å². The topological polar surface area (TPSA) is 25.2 Å². The molecule has 0 radical (unpaired) electrons. The van der Waals surface area contributed by atoms with Crippen molar-refractivity contribution in [2.45, 2.75) is 19.3 Å². The van der Waals surface area contributed by atoms with Gasteiger partial charge in [0, 0.05) is 6.54 Å². The van der Waals surface area contributed by atoms with Gasteiger partial charge in [-0.2, -0.15) is 13.2 Å². The van der Waals surface area contributed by atoms with Crippen LogP contribution in [0.2, 0.25) is 0 Å². The third-order valence-corrected chi connectivity index (χ3v) is 2.52. The Hall–Kier alpha value is -1.46. The lowest BCUT2D eigenvalue weighted by Crippen LogP contribution is -2.17. The Balaban J connectivity index is 0.00000180. The van der Waals surface area contributed by atoms with Gasteiger partial charge in [0.05, 0.1) is 18.4 Å². The van der Waals surface area contributed by atoms with E-state index in [1.165, 1.54) is 18.4 Å². The highest BCUT2D eigenvalue weighted by atomic mass is 35.5. The van der Waals surface area contributed by atoms with Crippen LogP contribution in [0.15, 0.2) is 47.1 Å². The Morgan fingerprint density at radius 1 is 1.00 bits per heavy atom. The van der Waals surface area contributed by atoms with Crippen molar-refractivity contribution in [3.8, 4) is 0 Å². The summed E-state index contributed by atoms with van der Waals surface area (Å²) in [5, 5.41) is 2.92. The highest BCUT2D eigenvalue weighted by molar-refractivity contribution is 5.85. The van der Waals surface area contributed by atoms with Crippen molar-refractivity contribution in [1.82, 2.24) is 5.32 Å². The normalized spacial score (nSPS) is 11.1. The lowest BCUT2D eigenvalue weighted by Gasteiger charge is -2.12. The smallest absolute Gasteiger partial charge is 0.416 e. The first-order valence-electron chi connectivity index (χ1n) is 5.45. The molecule has 1 aromatic heterocycles. The molecule has 19 heavy (non-hydrogen) atoms. The zero-order valence-electron chi connectivity index (χ0n) is 9.91. The molecule has 0 bridgehead atoms. The fourth-order valence-electron chi connectivity index (χ4n) is 1.68. The standard InChI is InChI=1S/C13H12F3NO.ClH/c14-13(15,16)12-6-2-1-4-10(12)8-17-9-11-5-3-7-18-11;/h1-7,17H,8-9H2;1H. The first-order valence-corrected chi connectivity index (χ1v) is 5.45. The molecule has 0 atom stereocenters. The van der Waals surface area contributed by atoms with Gasteiger partial charge in [-0.1, -0.05) is 18.2 Å². The first kappa shape index (κ1) is 15.6. The highest BCUT2D eigenvalue weighted by Gasteiger charge is 2.32. The summed E-state index contributed by atoms with van der Waals surface area (Å²) in [5.74, 6) is 0.694. The number of furan rings is 1. The Morgan fingerprint density at radius 3 is 2.37 bits per heavy atom. The van der Waals surface area contributed by atoms with E-state index < -0.39 is 11.7 Å². The average molecular weight is 292 g/mol. The molecular formula is C13H13ClF3NO. The molecule has 0 saturated carbocycles. The van der Waals surface area contributed by atoms with Crippen LogP contribution < -0.4 is 5.32 Å². The summed E-state index contributed by atoms with van der Waals surface area (Å²) in [6, 6.07) is 9.04. The van der Waals surface area contributed by atoms with E-state index in [0.717, 1.165) is 6.07 Å². The van der Waals surface area contributed by atoms with E-state index in [9.17, 15) is 13.2 Å². The van der Waals surface area contributed by atoms with Gasteiger partial charge in [-0.25, -0.2) is 0 Å². The average Bonchev–Trinajstić information content (AvgIpc) is 2.81. The minimum absolute atomic E-state index is 0. The van der Waals surface area contributed by atoms with Gasteiger partial charge in [-0.3, -0.25) is 0 Å². The molecule has 0 spiro atoms. The minimum Gasteiger partial charge on any atom is -0.468 e. The summed E-state index contributed by atoms with van der Waals surface area (Å²) in [7, 11) is 0. The van der Waals surface area contributed by atoms with Crippen LogP contribution in [0.5, 0.6) is 0 Å². The maximum absolute atomic E-state index is 12.7. The van der Waals surface area contributed by atoms with Crippen molar-refractivity contribution >= 4 is 12.4 Å². The van der Waals surface area contributed by atoms with Crippen LogP contribution in [-0.4, -0.2) is 0 Å². The molecule has 0 amide bonds. The van der Waals surface area contributed by atoms with Crippen molar-refractivity contribution in [2.75, 3.05) is 0 Å². The molecule has 2 rings (SSSR count). The summed E-state index contributed by atoms with van der Waals surface area (Å²) in [6.45, 7) is 0.551. The SMILES string of the molecule is Cl.FC(F)(F)c1ccccc1CNCc1ccco1. The maximum atomic E-state index is 12.7. The molecule has 1 heterocycles. The summed E-state index contributed by atoms with van der Waals surface area (Å²) < 4.78 is 43.2. The molecule has 0 aliphatic carbocycles. The van der Waals surface area contributed by atoms with Crippen LogP contribution in [0.1, 0.15) is 16.9 Å². The Labute approximate surface area is 115 Å². The third kappa shape index (κ3) is 4.29. The molecule has 0 unspecified atom stereocenters. The summed E-state index contributed by atoms with van der Waals surface area (Å²) in [6.07, 6.45) is -2.79. The second-order valence-corrected chi connectivity index (χ2v) is 3.84. The number of hydrogen-bond acceptors (Lipinski definition) is 2. The fourth-order valence-corrected chi connectivity index (χ4v) is 1.68. The van der Waals surface area contributed by atoms with E-state index in [4.69, 9.17) is 4.42 Å². The minimum atomic E-state index is -4.32. The summed E-state index contributed by atoms with van der Waals surface area (Å²) in [5.41, 5.74) is -0.367. The predicted molar refractivity (Wildman–Crippen MR) is 67.9 cm³/mol. The molecule has 0 aliphatic heterocycles. The molecule has 0 fully saturated rings. The van der Waals surface area contributed by atoms with Crippen LogP contribution in [-0.2, 0) is 19.3 Å². The Morgan fingerprint density at radius 2 is 1.74 bits per heavy atom. The van der Waals surface area contributed by atoms with Gasteiger partial charge in [-0.05, 0) is 23.8 Å². The fraction of sp³-hybridized carbons (Fsp3) is 0.231. The van der Waals surface area contributed by atoms with Gasteiger partial charge in [0.25, 0.3) is 0 Å². The van der Waals surface area contributed by atoms with Crippen LogP contribution in [0.4, 0.5) is 13.2 Å². The molecule has 1 aromatic carbocycles. The number of rotatable bonds is 4. The van der Waals surface area contributed by atoms with Crippen LogP contribution in [0, 0.1) is 0 Å². The van der Waals surface area contributed by atoms with E-state index in [1.54, 1.807) is 18.2 Å². The van der Waals surface area contributed by atoms with Crippen LogP contribution in [0.25, 0.3) is 0 Å².